The monoisotopic (exact) mass is 240 g/mol. The first kappa shape index (κ1) is 14.5. The molecule has 1 amide bonds. The van der Waals surface area contributed by atoms with Gasteiger partial charge < -0.3 is 4.90 Å². The second-order valence-corrected chi connectivity index (χ2v) is 6.00. The molecule has 100 valence electrons. The van der Waals surface area contributed by atoms with Crippen LogP contribution in [0, 0.1) is 11.8 Å². The number of rotatable bonds is 7. The van der Waals surface area contributed by atoms with Crippen molar-refractivity contribution in [3.8, 4) is 0 Å². The number of unbranched alkanes of at least 4 members (excludes halogenated alkanes) is 1. The van der Waals surface area contributed by atoms with E-state index in [1.165, 1.54) is 12.8 Å². The Morgan fingerprint density at radius 2 is 1.94 bits per heavy atom. The summed E-state index contributed by atoms with van der Waals surface area (Å²) in [7, 11) is 0. The minimum atomic E-state index is 0.278. The number of amides is 1. The molecule has 1 unspecified atom stereocenters. The van der Waals surface area contributed by atoms with Gasteiger partial charge in [-0.05, 0) is 24.7 Å². The fourth-order valence-electron chi connectivity index (χ4n) is 2.36. The molecule has 1 atom stereocenters. The van der Waals surface area contributed by atoms with Crippen LogP contribution in [0.4, 0.5) is 0 Å². The summed E-state index contributed by atoms with van der Waals surface area (Å²) in [6.45, 7) is 10.4. The Hall–Kier alpha value is -0.570. The summed E-state index contributed by atoms with van der Waals surface area (Å²) < 4.78 is 0. The highest BCUT2D eigenvalue weighted by molar-refractivity contribution is 5.80. The third-order valence-corrected chi connectivity index (χ3v) is 3.31. The zero-order valence-electron chi connectivity index (χ0n) is 11.8. The van der Waals surface area contributed by atoms with Crippen LogP contribution in [0.15, 0.2) is 0 Å². The average molecular weight is 240 g/mol. The van der Waals surface area contributed by atoms with Gasteiger partial charge in [-0.15, -0.1) is 0 Å². The van der Waals surface area contributed by atoms with Crippen molar-refractivity contribution in [3.63, 3.8) is 0 Å². The predicted octanol–water partition coefficient (Wildman–Crippen LogP) is 2.62. The van der Waals surface area contributed by atoms with Crippen LogP contribution in [0.25, 0.3) is 0 Å². The Labute approximate surface area is 106 Å². The molecule has 0 aromatic rings. The SMILES string of the molecule is CC(C)CCCCN1C(=O)CNC1CC(C)C. The van der Waals surface area contributed by atoms with Gasteiger partial charge in [0.15, 0.2) is 0 Å². The fourth-order valence-corrected chi connectivity index (χ4v) is 2.36. The van der Waals surface area contributed by atoms with E-state index in [4.69, 9.17) is 0 Å². The van der Waals surface area contributed by atoms with E-state index < -0.39 is 0 Å². The molecule has 0 saturated carbocycles. The van der Waals surface area contributed by atoms with Crippen molar-refractivity contribution >= 4 is 5.91 Å². The van der Waals surface area contributed by atoms with E-state index in [9.17, 15) is 4.79 Å². The Bertz CT molecular complexity index is 238. The topological polar surface area (TPSA) is 32.3 Å². The number of hydrogen-bond acceptors (Lipinski definition) is 2. The van der Waals surface area contributed by atoms with E-state index in [1.807, 2.05) is 4.90 Å². The van der Waals surface area contributed by atoms with E-state index in [-0.39, 0.29) is 12.1 Å². The zero-order chi connectivity index (χ0) is 12.8. The summed E-state index contributed by atoms with van der Waals surface area (Å²) in [5, 5.41) is 3.31. The van der Waals surface area contributed by atoms with Crippen molar-refractivity contribution in [1.29, 1.82) is 0 Å². The fraction of sp³-hybridized carbons (Fsp3) is 0.929. The summed E-state index contributed by atoms with van der Waals surface area (Å²) in [5.41, 5.74) is 0. The van der Waals surface area contributed by atoms with Crippen LogP contribution in [0.3, 0.4) is 0 Å². The average Bonchev–Trinajstić information content (AvgIpc) is 2.54. The van der Waals surface area contributed by atoms with Gasteiger partial charge in [-0.3, -0.25) is 10.1 Å². The quantitative estimate of drug-likeness (QED) is 0.694. The first-order valence-electron chi connectivity index (χ1n) is 7.03. The molecule has 0 radical (unpaired) electrons. The second-order valence-electron chi connectivity index (χ2n) is 6.00. The van der Waals surface area contributed by atoms with E-state index in [2.05, 4.69) is 33.0 Å². The second kappa shape index (κ2) is 7.00. The van der Waals surface area contributed by atoms with E-state index in [0.29, 0.717) is 12.5 Å². The summed E-state index contributed by atoms with van der Waals surface area (Å²) in [6, 6.07) is 0. The van der Waals surface area contributed by atoms with Gasteiger partial charge in [0.2, 0.25) is 5.91 Å². The summed E-state index contributed by atoms with van der Waals surface area (Å²) >= 11 is 0. The number of hydrogen-bond donors (Lipinski definition) is 1. The molecule has 0 aliphatic carbocycles. The summed E-state index contributed by atoms with van der Waals surface area (Å²) in [5.74, 6) is 1.69. The van der Waals surface area contributed by atoms with Crippen molar-refractivity contribution in [1.82, 2.24) is 10.2 Å². The van der Waals surface area contributed by atoms with Crippen LogP contribution in [0.5, 0.6) is 0 Å². The molecule has 17 heavy (non-hydrogen) atoms. The first-order valence-corrected chi connectivity index (χ1v) is 7.03. The Morgan fingerprint density at radius 1 is 1.24 bits per heavy atom. The maximum absolute atomic E-state index is 11.8. The highest BCUT2D eigenvalue weighted by atomic mass is 16.2. The van der Waals surface area contributed by atoms with Crippen molar-refractivity contribution < 1.29 is 4.79 Å². The number of nitrogens with one attached hydrogen (secondary N) is 1. The minimum Gasteiger partial charge on any atom is -0.326 e. The van der Waals surface area contributed by atoms with E-state index in [1.54, 1.807) is 0 Å². The van der Waals surface area contributed by atoms with Gasteiger partial charge in [0.25, 0.3) is 0 Å². The molecule has 0 spiro atoms. The van der Waals surface area contributed by atoms with Gasteiger partial charge in [-0.25, -0.2) is 0 Å². The lowest BCUT2D eigenvalue weighted by Crippen LogP contribution is -2.39. The van der Waals surface area contributed by atoms with Gasteiger partial charge in [-0.1, -0.05) is 40.5 Å². The van der Waals surface area contributed by atoms with Crippen molar-refractivity contribution in [2.24, 2.45) is 11.8 Å². The molecule has 3 heteroatoms. The molecule has 1 fully saturated rings. The van der Waals surface area contributed by atoms with E-state index in [0.717, 1.165) is 25.3 Å². The van der Waals surface area contributed by atoms with Gasteiger partial charge >= 0.3 is 0 Å². The molecule has 0 aromatic carbocycles. The maximum Gasteiger partial charge on any atom is 0.237 e. The lowest BCUT2D eigenvalue weighted by molar-refractivity contribution is -0.128. The van der Waals surface area contributed by atoms with Crippen LogP contribution in [0.1, 0.15) is 53.4 Å². The summed E-state index contributed by atoms with van der Waals surface area (Å²) in [6.07, 6.45) is 4.98. The smallest absolute Gasteiger partial charge is 0.237 e. The van der Waals surface area contributed by atoms with Gasteiger partial charge in [0.05, 0.1) is 12.7 Å². The Kier molecular flexibility index (Phi) is 5.96. The predicted molar refractivity (Wildman–Crippen MR) is 71.6 cm³/mol. The van der Waals surface area contributed by atoms with Gasteiger partial charge in [0.1, 0.15) is 0 Å². The van der Waals surface area contributed by atoms with Crippen molar-refractivity contribution in [3.05, 3.63) is 0 Å². The molecule has 1 saturated heterocycles. The Balaban J connectivity index is 2.30. The molecule has 1 aliphatic rings. The van der Waals surface area contributed by atoms with Crippen LogP contribution in [-0.4, -0.2) is 30.1 Å². The first-order chi connectivity index (χ1) is 8.00. The van der Waals surface area contributed by atoms with Gasteiger partial charge in [0, 0.05) is 6.54 Å². The molecule has 1 rings (SSSR count). The molecule has 0 aromatic heterocycles. The number of carbonyl (C=O) groups excluding carboxylic acids is 1. The third-order valence-electron chi connectivity index (χ3n) is 3.31. The normalized spacial score (nSPS) is 20.9. The Morgan fingerprint density at radius 3 is 2.53 bits per heavy atom. The van der Waals surface area contributed by atoms with Crippen LogP contribution >= 0.6 is 0 Å². The molecule has 0 bridgehead atoms. The lowest BCUT2D eigenvalue weighted by atomic mass is 10.1. The van der Waals surface area contributed by atoms with E-state index >= 15 is 0 Å². The van der Waals surface area contributed by atoms with Gasteiger partial charge in [-0.2, -0.15) is 0 Å². The molecule has 1 N–H and O–H groups in total. The van der Waals surface area contributed by atoms with Crippen LogP contribution in [0.2, 0.25) is 0 Å². The largest absolute Gasteiger partial charge is 0.326 e. The standard InChI is InChI=1S/C14H28N2O/c1-11(2)7-5-6-8-16-13(9-12(3)4)15-10-14(16)17/h11-13,15H,5-10H2,1-4H3. The third kappa shape index (κ3) is 5.07. The number of nitrogens with zero attached hydrogens (tertiary/aromatic N) is 1. The number of carbonyl (C=O) groups is 1. The molecular weight excluding hydrogens is 212 g/mol. The molecule has 1 aliphatic heterocycles. The molecular formula is C14H28N2O. The highest BCUT2D eigenvalue weighted by Gasteiger charge is 2.29. The molecule has 1 heterocycles. The maximum atomic E-state index is 11.8. The zero-order valence-corrected chi connectivity index (χ0v) is 11.8. The highest BCUT2D eigenvalue weighted by Crippen LogP contribution is 2.16. The van der Waals surface area contributed by atoms with Crippen LogP contribution in [-0.2, 0) is 4.79 Å². The van der Waals surface area contributed by atoms with Crippen LogP contribution < -0.4 is 5.32 Å². The minimum absolute atomic E-state index is 0.278. The summed E-state index contributed by atoms with van der Waals surface area (Å²) in [4.78, 5) is 13.8. The molecule has 3 nitrogen and oxygen atoms in total. The van der Waals surface area contributed by atoms with Crippen molar-refractivity contribution in [2.45, 2.75) is 59.5 Å². The van der Waals surface area contributed by atoms with Crippen molar-refractivity contribution in [2.75, 3.05) is 13.1 Å². The lowest BCUT2D eigenvalue weighted by Gasteiger charge is -2.25.